The van der Waals surface area contributed by atoms with E-state index in [1.165, 1.54) is 25.1 Å². The largest absolute Gasteiger partial charge is 0.399 e. The smallest absolute Gasteiger partial charge is 0.238 e. The van der Waals surface area contributed by atoms with Gasteiger partial charge in [-0.15, -0.1) is 0 Å². The van der Waals surface area contributed by atoms with E-state index in [0.717, 1.165) is 12.1 Å². The summed E-state index contributed by atoms with van der Waals surface area (Å²) >= 11 is 0. The third-order valence-electron chi connectivity index (χ3n) is 2.91. The number of rotatable bonds is 3. The van der Waals surface area contributed by atoms with E-state index in [-0.39, 0.29) is 21.8 Å². The van der Waals surface area contributed by atoms with Crippen LogP contribution in [0.1, 0.15) is 5.56 Å². The summed E-state index contributed by atoms with van der Waals surface area (Å²) in [6, 6.07) is 5.93. The lowest BCUT2D eigenvalue weighted by molar-refractivity contribution is 0.591. The molecule has 2 rings (SSSR count). The number of halogens is 2. The van der Waals surface area contributed by atoms with Gasteiger partial charge in [-0.2, -0.15) is 0 Å². The molecule has 0 amide bonds. The molecule has 2 aromatic carbocycles. The Balaban J connectivity index is 2.58. The third-order valence-corrected chi connectivity index (χ3v) is 3.95. The van der Waals surface area contributed by atoms with Gasteiger partial charge in [0, 0.05) is 11.4 Å². The number of nitrogens with one attached hydrogen (secondary N) is 1. The van der Waals surface area contributed by atoms with Crippen molar-refractivity contribution in [3.63, 3.8) is 0 Å². The van der Waals surface area contributed by atoms with Crippen LogP contribution in [0.5, 0.6) is 0 Å². The Morgan fingerprint density at radius 1 is 1.14 bits per heavy atom. The lowest BCUT2D eigenvalue weighted by Gasteiger charge is -2.14. The molecule has 0 saturated heterocycles. The van der Waals surface area contributed by atoms with Gasteiger partial charge in [-0.3, -0.25) is 0 Å². The van der Waals surface area contributed by atoms with Crippen LogP contribution < -0.4 is 16.2 Å². The molecule has 0 saturated carbocycles. The fourth-order valence-corrected chi connectivity index (χ4v) is 2.72. The van der Waals surface area contributed by atoms with Gasteiger partial charge in [0.05, 0.1) is 4.90 Å². The number of hydrogen-bond acceptors (Lipinski definition) is 4. The molecule has 5 N–H and O–H groups in total. The number of sulfonamides is 1. The van der Waals surface area contributed by atoms with Gasteiger partial charge in [0.15, 0.2) is 0 Å². The quantitative estimate of drug-likeness (QED) is 0.757. The van der Waals surface area contributed by atoms with Crippen LogP contribution in [0, 0.1) is 18.6 Å². The summed E-state index contributed by atoms with van der Waals surface area (Å²) in [6.07, 6.45) is 0. The number of nitrogens with two attached hydrogens (primary N) is 2. The SMILES string of the molecule is Cc1c(Nc2c(F)cccc2F)cc(N)cc1S(N)(=O)=O. The summed E-state index contributed by atoms with van der Waals surface area (Å²) in [4.78, 5) is -0.207. The highest BCUT2D eigenvalue weighted by Crippen LogP contribution is 2.30. The van der Waals surface area contributed by atoms with Gasteiger partial charge in [0.2, 0.25) is 10.0 Å². The van der Waals surface area contributed by atoms with Crippen molar-refractivity contribution < 1.29 is 17.2 Å². The van der Waals surface area contributed by atoms with Gasteiger partial charge in [0.25, 0.3) is 0 Å². The van der Waals surface area contributed by atoms with Crippen LogP contribution in [0.4, 0.5) is 25.8 Å². The van der Waals surface area contributed by atoms with Crippen LogP contribution in [-0.2, 0) is 10.0 Å². The van der Waals surface area contributed by atoms with Crippen LogP contribution in [-0.4, -0.2) is 8.42 Å². The van der Waals surface area contributed by atoms with Crippen LogP contribution in [0.2, 0.25) is 0 Å². The second kappa shape index (κ2) is 5.30. The zero-order valence-electron chi connectivity index (χ0n) is 11.0. The standard InChI is InChI=1S/C13H13F2N3O2S/c1-7-11(5-8(16)6-12(7)21(17,19)20)18-13-9(14)3-2-4-10(13)15/h2-6,18H,16H2,1H3,(H2,17,19,20). The minimum absolute atomic E-state index is 0.101. The zero-order chi connectivity index (χ0) is 15.8. The van der Waals surface area contributed by atoms with Crippen molar-refractivity contribution >= 4 is 27.1 Å². The molecular formula is C13H13F2N3O2S. The topological polar surface area (TPSA) is 98.2 Å². The van der Waals surface area contributed by atoms with E-state index < -0.39 is 27.3 Å². The van der Waals surface area contributed by atoms with Gasteiger partial charge < -0.3 is 11.1 Å². The highest BCUT2D eigenvalue weighted by molar-refractivity contribution is 7.89. The first-order chi connectivity index (χ1) is 9.70. The molecule has 0 aliphatic heterocycles. The number of anilines is 3. The molecule has 8 heteroatoms. The minimum atomic E-state index is -4.00. The second-order valence-electron chi connectivity index (χ2n) is 4.46. The number of nitrogen functional groups attached to an aromatic ring is 1. The van der Waals surface area contributed by atoms with Crippen molar-refractivity contribution in [3.05, 3.63) is 47.5 Å². The first kappa shape index (κ1) is 15.2. The molecule has 0 aliphatic rings. The van der Waals surface area contributed by atoms with E-state index >= 15 is 0 Å². The highest BCUT2D eigenvalue weighted by atomic mass is 32.2. The first-order valence-electron chi connectivity index (χ1n) is 5.84. The molecule has 0 bridgehead atoms. The van der Waals surface area contributed by atoms with E-state index in [9.17, 15) is 17.2 Å². The molecule has 2 aromatic rings. The molecule has 112 valence electrons. The van der Waals surface area contributed by atoms with Crippen LogP contribution in [0.25, 0.3) is 0 Å². The Morgan fingerprint density at radius 3 is 2.24 bits per heavy atom. The van der Waals surface area contributed by atoms with Crippen molar-refractivity contribution in [1.29, 1.82) is 0 Å². The fraction of sp³-hybridized carbons (Fsp3) is 0.0769. The van der Waals surface area contributed by atoms with Crippen molar-refractivity contribution in [2.75, 3.05) is 11.1 Å². The summed E-state index contributed by atoms with van der Waals surface area (Å²) in [5, 5.41) is 7.60. The van der Waals surface area contributed by atoms with Crippen molar-refractivity contribution in [3.8, 4) is 0 Å². The monoisotopic (exact) mass is 313 g/mol. The lowest BCUT2D eigenvalue weighted by atomic mass is 10.1. The van der Waals surface area contributed by atoms with Crippen molar-refractivity contribution in [2.24, 2.45) is 5.14 Å². The molecule has 0 unspecified atom stereocenters. The van der Waals surface area contributed by atoms with Crippen LogP contribution >= 0.6 is 0 Å². The van der Waals surface area contributed by atoms with Gasteiger partial charge in [-0.25, -0.2) is 22.3 Å². The van der Waals surface area contributed by atoms with E-state index in [2.05, 4.69) is 5.32 Å². The molecule has 0 spiro atoms. The Hall–Kier alpha value is -2.19. The number of para-hydroxylation sites is 1. The Labute approximate surface area is 120 Å². The lowest BCUT2D eigenvalue weighted by Crippen LogP contribution is -2.15. The summed E-state index contributed by atoms with van der Waals surface area (Å²) in [6.45, 7) is 1.46. The zero-order valence-corrected chi connectivity index (χ0v) is 11.8. The fourth-order valence-electron chi connectivity index (χ4n) is 1.89. The molecule has 0 atom stereocenters. The van der Waals surface area contributed by atoms with Crippen molar-refractivity contribution in [2.45, 2.75) is 11.8 Å². The average Bonchev–Trinajstić information content (AvgIpc) is 2.36. The highest BCUT2D eigenvalue weighted by Gasteiger charge is 2.17. The summed E-state index contributed by atoms with van der Waals surface area (Å²) in [5.41, 5.74) is 5.68. The molecule has 0 heterocycles. The average molecular weight is 313 g/mol. The molecule has 0 fully saturated rings. The molecule has 0 radical (unpaired) electrons. The molecule has 0 aromatic heterocycles. The Bertz CT molecular complexity index is 787. The van der Waals surface area contributed by atoms with Crippen LogP contribution in [0.15, 0.2) is 35.2 Å². The summed E-state index contributed by atoms with van der Waals surface area (Å²) < 4.78 is 50.2. The van der Waals surface area contributed by atoms with Gasteiger partial charge in [0.1, 0.15) is 17.3 Å². The predicted octanol–water partition coefficient (Wildman–Crippen LogP) is 2.25. The van der Waals surface area contributed by atoms with E-state index in [4.69, 9.17) is 10.9 Å². The minimum Gasteiger partial charge on any atom is -0.399 e. The van der Waals surface area contributed by atoms with Crippen molar-refractivity contribution in [1.82, 2.24) is 0 Å². The molecular weight excluding hydrogens is 300 g/mol. The normalized spacial score (nSPS) is 11.4. The van der Waals surface area contributed by atoms with E-state index in [1.807, 2.05) is 0 Å². The number of benzene rings is 2. The summed E-state index contributed by atoms with van der Waals surface area (Å²) in [5.74, 6) is -1.62. The molecule has 0 aliphatic carbocycles. The first-order valence-corrected chi connectivity index (χ1v) is 7.38. The van der Waals surface area contributed by atoms with Gasteiger partial charge in [-0.1, -0.05) is 6.07 Å². The van der Waals surface area contributed by atoms with Gasteiger partial charge in [-0.05, 0) is 36.8 Å². The summed E-state index contributed by atoms with van der Waals surface area (Å²) in [7, 11) is -4.00. The van der Waals surface area contributed by atoms with E-state index in [1.54, 1.807) is 0 Å². The second-order valence-corrected chi connectivity index (χ2v) is 5.99. The maximum Gasteiger partial charge on any atom is 0.238 e. The van der Waals surface area contributed by atoms with Gasteiger partial charge >= 0.3 is 0 Å². The Kier molecular flexibility index (Phi) is 3.84. The maximum atomic E-state index is 13.6. The number of primary sulfonamides is 1. The maximum absolute atomic E-state index is 13.6. The third kappa shape index (κ3) is 3.11. The van der Waals surface area contributed by atoms with Crippen LogP contribution in [0.3, 0.4) is 0 Å². The predicted molar refractivity (Wildman–Crippen MR) is 76.6 cm³/mol. The molecule has 21 heavy (non-hydrogen) atoms. The number of hydrogen-bond donors (Lipinski definition) is 3. The molecule has 5 nitrogen and oxygen atoms in total. The van der Waals surface area contributed by atoms with E-state index in [0.29, 0.717) is 0 Å². The Morgan fingerprint density at radius 2 is 1.71 bits per heavy atom.